The molecule has 1 fully saturated rings. The van der Waals surface area contributed by atoms with Gasteiger partial charge in [0, 0.05) is 19.1 Å². The minimum atomic E-state index is -3.47. The number of ether oxygens (including phenoxy) is 1. The number of carbonyl (C=O) groups excluding carboxylic acids is 1. The average molecular weight is 340 g/mol. The molecule has 0 spiro atoms. The normalized spacial score (nSPS) is 17.2. The van der Waals surface area contributed by atoms with Gasteiger partial charge in [0.25, 0.3) is 0 Å². The summed E-state index contributed by atoms with van der Waals surface area (Å²) in [6.45, 7) is 4.93. The Morgan fingerprint density at radius 3 is 2.26 bits per heavy atom. The molecule has 1 saturated heterocycles. The maximum Gasteiger partial charge on any atom is 0.407 e. The lowest BCUT2D eigenvalue weighted by molar-refractivity contribution is 0.161. The van der Waals surface area contributed by atoms with Crippen LogP contribution in [0.25, 0.3) is 0 Å². The van der Waals surface area contributed by atoms with E-state index in [-0.39, 0.29) is 6.04 Å². The predicted molar refractivity (Wildman–Crippen MR) is 87.9 cm³/mol. The van der Waals surface area contributed by atoms with E-state index in [0.29, 0.717) is 36.7 Å². The molecule has 0 atom stereocenters. The van der Waals surface area contributed by atoms with Crippen LogP contribution in [-0.2, 0) is 14.8 Å². The van der Waals surface area contributed by atoms with Crippen LogP contribution in [0.1, 0.15) is 38.2 Å². The molecule has 0 saturated carbocycles. The Kier molecular flexibility index (Phi) is 5.64. The topological polar surface area (TPSA) is 75.7 Å². The molecule has 1 aromatic rings. The predicted octanol–water partition coefficient (Wildman–Crippen LogP) is 2.32. The van der Waals surface area contributed by atoms with E-state index in [1.807, 2.05) is 12.1 Å². The standard InChI is InChI=1S/C16H24N2O4S/c1-12(2)13-4-6-15(7-5-13)23(20,21)18-10-8-14(9-11-18)17-16(19)22-3/h4-7,12,14H,8-11H2,1-3H3,(H,17,19). The summed E-state index contributed by atoms with van der Waals surface area (Å²) in [6.07, 6.45) is 0.687. The number of hydrogen-bond acceptors (Lipinski definition) is 4. The largest absolute Gasteiger partial charge is 0.453 e. The van der Waals surface area contributed by atoms with E-state index in [1.165, 1.54) is 11.4 Å². The highest BCUT2D eigenvalue weighted by Gasteiger charge is 2.30. The van der Waals surface area contributed by atoms with Crippen molar-refractivity contribution in [3.05, 3.63) is 29.8 Å². The van der Waals surface area contributed by atoms with Crippen molar-refractivity contribution >= 4 is 16.1 Å². The number of nitrogens with one attached hydrogen (secondary N) is 1. The molecule has 6 nitrogen and oxygen atoms in total. The van der Waals surface area contributed by atoms with Crippen molar-refractivity contribution in [2.45, 2.75) is 43.5 Å². The highest BCUT2D eigenvalue weighted by Crippen LogP contribution is 2.23. The number of methoxy groups -OCH3 is 1. The highest BCUT2D eigenvalue weighted by atomic mass is 32.2. The van der Waals surface area contributed by atoms with Crippen LogP contribution < -0.4 is 5.32 Å². The minimum Gasteiger partial charge on any atom is -0.453 e. The van der Waals surface area contributed by atoms with Gasteiger partial charge in [-0.15, -0.1) is 0 Å². The Labute approximate surface area is 137 Å². The first-order chi connectivity index (χ1) is 10.8. The number of piperidine rings is 1. The molecule has 1 heterocycles. The molecule has 0 aromatic heterocycles. The molecule has 1 aromatic carbocycles. The van der Waals surface area contributed by atoms with Gasteiger partial charge in [-0.05, 0) is 36.5 Å². The molecule has 1 N–H and O–H groups in total. The van der Waals surface area contributed by atoms with E-state index >= 15 is 0 Å². The van der Waals surface area contributed by atoms with Crippen LogP contribution in [0.3, 0.4) is 0 Å². The smallest absolute Gasteiger partial charge is 0.407 e. The van der Waals surface area contributed by atoms with E-state index in [1.54, 1.807) is 12.1 Å². The molecule has 1 aliphatic heterocycles. The SMILES string of the molecule is COC(=O)NC1CCN(S(=O)(=O)c2ccc(C(C)C)cc2)CC1. The third-order valence-corrected chi connectivity index (χ3v) is 6.06. The van der Waals surface area contributed by atoms with Crippen LogP contribution in [0.4, 0.5) is 4.79 Å². The zero-order valence-electron chi connectivity index (χ0n) is 13.8. The van der Waals surface area contributed by atoms with Crippen LogP contribution in [0.15, 0.2) is 29.2 Å². The summed E-state index contributed by atoms with van der Waals surface area (Å²) in [5.74, 6) is 0.367. The first kappa shape index (κ1) is 17.7. The number of amides is 1. The van der Waals surface area contributed by atoms with Crippen molar-refractivity contribution in [2.75, 3.05) is 20.2 Å². The van der Waals surface area contributed by atoms with Gasteiger partial charge in [0.1, 0.15) is 0 Å². The van der Waals surface area contributed by atoms with Crippen molar-refractivity contribution in [1.29, 1.82) is 0 Å². The van der Waals surface area contributed by atoms with E-state index in [0.717, 1.165) is 5.56 Å². The minimum absolute atomic E-state index is 0.0442. The second-order valence-corrected chi connectivity index (χ2v) is 7.98. The van der Waals surface area contributed by atoms with E-state index < -0.39 is 16.1 Å². The third kappa shape index (κ3) is 4.23. The van der Waals surface area contributed by atoms with Crippen molar-refractivity contribution in [2.24, 2.45) is 0 Å². The monoisotopic (exact) mass is 340 g/mol. The summed E-state index contributed by atoms with van der Waals surface area (Å²) in [4.78, 5) is 11.5. The number of benzene rings is 1. The van der Waals surface area contributed by atoms with Gasteiger partial charge in [-0.2, -0.15) is 4.31 Å². The average Bonchev–Trinajstić information content (AvgIpc) is 2.55. The lowest BCUT2D eigenvalue weighted by atomic mass is 10.0. The Hall–Kier alpha value is -1.60. The maximum absolute atomic E-state index is 12.7. The fourth-order valence-corrected chi connectivity index (χ4v) is 4.11. The lowest BCUT2D eigenvalue weighted by Gasteiger charge is -2.31. The summed E-state index contributed by atoms with van der Waals surface area (Å²) >= 11 is 0. The number of rotatable bonds is 4. The van der Waals surface area contributed by atoms with Gasteiger partial charge in [0.15, 0.2) is 0 Å². The zero-order chi connectivity index (χ0) is 17.0. The Balaban J connectivity index is 2.02. The molecule has 0 aliphatic carbocycles. The maximum atomic E-state index is 12.7. The van der Waals surface area contributed by atoms with Crippen molar-refractivity contribution in [3.8, 4) is 0 Å². The fraction of sp³-hybridized carbons (Fsp3) is 0.562. The van der Waals surface area contributed by atoms with Gasteiger partial charge in [-0.1, -0.05) is 26.0 Å². The molecule has 23 heavy (non-hydrogen) atoms. The molecule has 2 rings (SSSR count). The van der Waals surface area contributed by atoms with Gasteiger partial charge in [-0.25, -0.2) is 13.2 Å². The zero-order valence-corrected chi connectivity index (χ0v) is 14.6. The van der Waals surface area contributed by atoms with E-state index in [2.05, 4.69) is 23.9 Å². The van der Waals surface area contributed by atoms with Crippen LogP contribution in [-0.4, -0.2) is 45.1 Å². The Morgan fingerprint density at radius 2 is 1.78 bits per heavy atom. The number of hydrogen-bond donors (Lipinski definition) is 1. The molecule has 7 heteroatoms. The first-order valence-electron chi connectivity index (χ1n) is 7.79. The lowest BCUT2D eigenvalue weighted by Crippen LogP contribution is -2.46. The summed E-state index contributed by atoms with van der Waals surface area (Å²) in [5, 5.41) is 2.72. The van der Waals surface area contributed by atoms with E-state index in [9.17, 15) is 13.2 Å². The van der Waals surface area contributed by atoms with Gasteiger partial charge >= 0.3 is 6.09 Å². The molecule has 0 radical (unpaired) electrons. The van der Waals surface area contributed by atoms with Crippen LogP contribution in [0.5, 0.6) is 0 Å². The van der Waals surface area contributed by atoms with E-state index in [4.69, 9.17) is 0 Å². The summed E-state index contributed by atoms with van der Waals surface area (Å²) in [7, 11) is -2.16. The van der Waals surface area contributed by atoms with Crippen LogP contribution >= 0.6 is 0 Å². The Bertz CT molecular complexity index is 633. The van der Waals surface area contributed by atoms with Crippen molar-refractivity contribution in [3.63, 3.8) is 0 Å². The fourth-order valence-electron chi connectivity index (χ4n) is 2.64. The molecule has 0 bridgehead atoms. The van der Waals surface area contributed by atoms with Gasteiger partial charge in [-0.3, -0.25) is 0 Å². The number of nitrogens with zero attached hydrogens (tertiary/aromatic N) is 1. The molecule has 1 aliphatic rings. The summed E-state index contributed by atoms with van der Waals surface area (Å²) < 4.78 is 31.4. The number of sulfonamides is 1. The molecular weight excluding hydrogens is 316 g/mol. The Morgan fingerprint density at radius 1 is 1.22 bits per heavy atom. The van der Waals surface area contributed by atoms with Crippen molar-refractivity contribution in [1.82, 2.24) is 9.62 Å². The molecule has 1 amide bonds. The quantitative estimate of drug-likeness (QED) is 0.913. The van der Waals surface area contributed by atoms with Gasteiger partial charge in [0.05, 0.1) is 12.0 Å². The summed E-state index contributed by atoms with van der Waals surface area (Å²) in [5.41, 5.74) is 1.12. The molecule has 128 valence electrons. The third-order valence-electron chi connectivity index (χ3n) is 4.15. The summed E-state index contributed by atoms with van der Waals surface area (Å²) in [6, 6.07) is 7.02. The second-order valence-electron chi connectivity index (χ2n) is 6.04. The van der Waals surface area contributed by atoms with Crippen LogP contribution in [0, 0.1) is 0 Å². The van der Waals surface area contributed by atoms with Gasteiger partial charge < -0.3 is 10.1 Å². The first-order valence-corrected chi connectivity index (χ1v) is 9.23. The highest BCUT2D eigenvalue weighted by molar-refractivity contribution is 7.89. The molecule has 0 unspecified atom stereocenters. The van der Waals surface area contributed by atoms with Crippen LogP contribution in [0.2, 0.25) is 0 Å². The number of carbonyl (C=O) groups is 1. The molecular formula is C16H24N2O4S. The second kappa shape index (κ2) is 7.31. The number of alkyl carbamates (subject to hydrolysis) is 1. The van der Waals surface area contributed by atoms with Gasteiger partial charge in [0.2, 0.25) is 10.0 Å². The van der Waals surface area contributed by atoms with Crippen molar-refractivity contribution < 1.29 is 17.9 Å².